The molecule has 0 saturated carbocycles. The van der Waals surface area contributed by atoms with Crippen LogP contribution in [0.2, 0.25) is 0 Å². The third-order valence-corrected chi connectivity index (χ3v) is 3.39. The van der Waals surface area contributed by atoms with Crippen molar-refractivity contribution in [1.82, 2.24) is 4.90 Å². The SMILES string of the molecule is CCCC1(N)CN(Cc2ccc(OC)cc2)C1. The molecule has 0 unspecified atom stereocenters. The van der Waals surface area contributed by atoms with E-state index < -0.39 is 0 Å². The van der Waals surface area contributed by atoms with E-state index in [9.17, 15) is 0 Å². The Kier molecular flexibility index (Phi) is 3.69. The Morgan fingerprint density at radius 2 is 1.94 bits per heavy atom. The third kappa shape index (κ3) is 2.99. The molecule has 94 valence electrons. The zero-order valence-corrected chi connectivity index (χ0v) is 10.8. The summed E-state index contributed by atoms with van der Waals surface area (Å²) in [6.45, 7) is 5.23. The van der Waals surface area contributed by atoms with E-state index in [4.69, 9.17) is 10.5 Å². The predicted octanol–water partition coefficient (Wildman–Crippen LogP) is 2.01. The molecule has 3 nitrogen and oxygen atoms in total. The number of ether oxygens (including phenoxy) is 1. The highest BCUT2D eigenvalue weighted by atomic mass is 16.5. The van der Waals surface area contributed by atoms with Crippen molar-refractivity contribution in [3.8, 4) is 5.75 Å². The standard InChI is InChI=1S/C14H22N2O/c1-3-8-14(15)10-16(11-14)9-12-4-6-13(17-2)7-5-12/h4-7H,3,8-11,15H2,1-2H3. The van der Waals surface area contributed by atoms with Crippen molar-refractivity contribution in [3.63, 3.8) is 0 Å². The molecular weight excluding hydrogens is 212 g/mol. The largest absolute Gasteiger partial charge is 0.497 e. The van der Waals surface area contributed by atoms with Crippen molar-refractivity contribution in [1.29, 1.82) is 0 Å². The van der Waals surface area contributed by atoms with Gasteiger partial charge in [-0.15, -0.1) is 0 Å². The summed E-state index contributed by atoms with van der Waals surface area (Å²) in [6, 6.07) is 8.26. The van der Waals surface area contributed by atoms with Crippen LogP contribution < -0.4 is 10.5 Å². The first-order valence-electron chi connectivity index (χ1n) is 6.29. The first kappa shape index (κ1) is 12.4. The molecule has 1 aliphatic rings. The lowest BCUT2D eigenvalue weighted by atomic mass is 9.86. The van der Waals surface area contributed by atoms with E-state index in [1.54, 1.807) is 7.11 Å². The Bertz CT molecular complexity index is 355. The van der Waals surface area contributed by atoms with Crippen LogP contribution >= 0.6 is 0 Å². The van der Waals surface area contributed by atoms with Crippen LogP contribution in [0.25, 0.3) is 0 Å². The van der Waals surface area contributed by atoms with Crippen LogP contribution in [0.1, 0.15) is 25.3 Å². The molecule has 1 aromatic carbocycles. The van der Waals surface area contributed by atoms with Crippen molar-refractivity contribution < 1.29 is 4.74 Å². The van der Waals surface area contributed by atoms with Crippen LogP contribution in [0.4, 0.5) is 0 Å². The second-order valence-electron chi connectivity index (χ2n) is 5.11. The number of nitrogens with two attached hydrogens (primary N) is 1. The van der Waals surface area contributed by atoms with Gasteiger partial charge in [0.15, 0.2) is 0 Å². The fourth-order valence-electron chi connectivity index (χ4n) is 2.60. The van der Waals surface area contributed by atoms with Gasteiger partial charge < -0.3 is 10.5 Å². The molecular formula is C14H22N2O. The van der Waals surface area contributed by atoms with Gasteiger partial charge >= 0.3 is 0 Å². The maximum Gasteiger partial charge on any atom is 0.118 e. The molecule has 1 fully saturated rings. The molecule has 0 aromatic heterocycles. The maximum absolute atomic E-state index is 6.24. The van der Waals surface area contributed by atoms with Crippen molar-refractivity contribution in [2.24, 2.45) is 5.73 Å². The van der Waals surface area contributed by atoms with Crippen LogP contribution in [0.5, 0.6) is 5.75 Å². The normalized spacial score (nSPS) is 18.8. The van der Waals surface area contributed by atoms with Crippen molar-refractivity contribution in [2.45, 2.75) is 31.8 Å². The van der Waals surface area contributed by atoms with Gasteiger partial charge in [-0.2, -0.15) is 0 Å². The third-order valence-electron chi connectivity index (χ3n) is 3.39. The Balaban J connectivity index is 1.83. The molecule has 0 aliphatic carbocycles. The minimum atomic E-state index is 0.0707. The van der Waals surface area contributed by atoms with E-state index in [-0.39, 0.29) is 5.54 Å². The molecule has 0 atom stereocenters. The molecule has 1 heterocycles. The summed E-state index contributed by atoms with van der Waals surface area (Å²) in [5.41, 5.74) is 7.64. The molecule has 2 rings (SSSR count). The Morgan fingerprint density at radius 3 is 2.47 bits per heavy atom. The summed E-state index contributed by atoms with van der Waals surface area (Å²) in [4.78, 5) is 2.40. The molecule has 2 N–H and O–H groups in total. The van der Waals surface area contributed by atoms with Crippen molar-refractivity contribution in [3.05, 3.63) is 29.8 Å². The average Bonchev–Trinajstić information content (AvgIpc) is 2.28. The smallest absolute Gasteiger partial charge is 0.118 e. The summed E-state index contributed by atoms with van der Waals surface area (Å²) in [5, 5.41) is 0. The molecule has 0 radical (unpaired) electrons. The van der Waals surface area contributed by atoms with E-state index >= 15 is 0 Å². The molecule has 1 aliphatic heterocycles. The van der Waals surface area contributed by atoms with Crippen LogP contribution in [0, 0.1) is 0 Å². The summed E-state index contributed by atoms with van der Waals surface area (Å²) < 4.78 is 5.15. The number of methoxy groups -OCH3 is 1. The number of hydrogen-bond donors (Lipinski definition) is 1. The number of nitrogens with zero attached hydrogens (tertiary/aromatic N) is 1. The molecule has 1 saturated heterocycles. The van der Waals surface area contributed by atoms with Crippen LogP contribution in [-0.4, -0.2) is 30.6 Å². The van der Waals surface area contributed by atoms with Gasteiger partial charge in [-0.3, -0.25) is 4.90 Å². The van der Waals surface area contributed by atoms with Gasteiger partial charge in [0.25, 0.3) is 0 Å². The second-order valence-corrected chi connectivity index (χ2v) is 5.11. The summed E-state index contributed by atoms with van der Waals surface area (Å²) >= 11 is 0. The van der Waals surface area contributed by atoms with E-state index in [1.807, 2.05) is 12.1 Å². The predicted molar refractivity (Wildman–Crippen MR) is 70.1 cm³/mol. The molecule has 3 heteroatoms. The zero-order valence-electron chi connectivity index (χ0n) is 10.8. The van der Waals surface area contributed by atoms with Gasteiger partial charge in [-0.25, -0.2) is 0 Å². The number of hydrogen-bond acceptors (Lipinski definition) is 3. The van der Waals surface area contributed by atoms with E-state index in [1.165, 1.54) is 12.0 Å². The molecule has 0 spiro atoms. The van der Waals surface area contributed by atoms with Gasteiger partial charge in [-0.1, -0.05) is 25.5 Å². The lowest BCUT2D eigenvalue weighted by molar-refractivity contribution is 0.0567. The quantitative estimate of drug-likeness (QED) is 0.847. The minimum Gasteiger partial charge on any atom is -0.497 e. The fourth-order valence-corrected chi connectivity index (χ4v) is 2.60. The van der Waals surface area contributed by atoms with Gasteiger partial charge in [-0.05, 0) is 24.1 Å². The molecule has 1 aromatic rings. The van der Waals surface area contributed by atoms with Crippen LogP contribution in [0.15, 0.2) is 24.3 Å². The van der Waals surface area contributed by atoms with Gasteiger partial charge in [0, 0.05) is 25.2 Å². The lowest BCUT2D eigenvalue weighted by Gasteiger charge is -2.48. The zero-order chi connectivity index (χ0) is 12.3. The van der Waals surface area contributed by atoms with Crippen LogP contribution in [-0.2, 0) is 6.54 Å². The van der Waals surface area contributed by atoms with E-state index in [0.717, 1.165) is 31.8 Å². The van der Waals surface area contributed by atoms with E-state index in [2.05, 4.69) is 24.0 Å². The molecule has 0 amide bonds. The number of rotatable bonds is 5. The molecule has 0 bridgehead atoms. The minimum absolute atomic E-state index is 0.0707. The first-order chi connectivity index (χ1) is 8.15. The van der Waals surface area contributed by atoms with Gasteiger partial charge in [0.1, 0.15) is 5.75 Å². The maximum atomic E-state index is 6.24. The van der Waals surface area contributed by atoms with Crippen molar-refractivity contribution >= 4 is 0 Å². The highest BCUT2D eigenvalue weighted by Gasteiger charge is 2.37. The second kappa shape index (κ2) is 5.07. The summed E-state index contributed by atoms with van der Waals surface area (Å²) in [6.07, 6.45) is 2.30. The van der Waals surface area contributed by atoms with Gasteiger partial charge in [0.05, 0.1) is 7.11 Å². The summed E-state index contributed by atoms with van der Waals surface area (Å²) in [7, 11) is 1.69. The van der Waals surface area contributed by atoms with Crippen LogP contribution in [0.3, 0.4) is 0 Å². The Labute approximate surface area is 104 Å². The first-order valence-corrected chi connectivity index (χ1v) is 6.29. The fraction of sp³-hybridized carbons (Fsp3) is 0.571. The lowest BCUT2D eigenvalue weighted by Crippen LogP contribution is -2.66. The number of benzene rings is 1. The average molecular weight is 234 g/mol. The molecule has 17 heavy (non-hydrogen) atoms. The highest BCUT2D eigenvalue weighted by molar-refractivity contribution is 5.27. The Hall–Kier alpha value is -1.06. The number of likely N-dealkylation sites (tertiary alicyclic amines) is 1. The topological polar surface area (TPSA) is 38.5 Å². The highest BCUT2D eigenvalue weighted by Crippen LogP contribution is 2.25. The summed E-state index contributed by atoms with van der Waals surface area (Å²) in [5.74, 6) is 0.913. The van der Waals surface area contributed by atoms with Crippen molar-refractivity contribution in [2.75, 3.05) is 20.2 Å². The Morgan fingerprint density at radius 1 is 1.29 bits per heavy atom. The van der Waals surface area contributed by atoms with Gasteiger partial charge in [0.2, 0.25) is 0 Å². The van der Waals surface area contributed by atoms with E-state index in [0.29, 0.717) is 0 Å². The monoisotopic (exact) mass is 234 g/mol.